The van der Waals surface area contributed by atoms with Crippen LogP contribution in [0, 0.1) is 11.6 Å². The van der Waals surface area contributed by atoms with E-state index < -0.39 is 17.6 Å². The first kappa shape index (κ1) is 16.6. The van der Waals surface area contributed by atoms with E-state index in [0.29, 0.717) is 12.0 Å². The van der Waals surface area contributed by atoms with Gasteiger partial charge in [-0.25, -0.2) is 8.78 Å². The van der Waals surface area contributed by atoms with Crippen LogP contribution < -0.4 is 10.6 Å². The van der Waals surface area contributed by atoms with Gasteiger partial charge in [-0.3, -0.25) is 9.59 Å². The maximum atomic E-state index is 13.4. The van der Waals surface area contributed by atoms with Crippen molar-refractivity contribution in [2.75, 3.05) is 6.54 Å². The molecule has 0 unspecified atom stereocenters. The molecule has 4 nitrogen and oxygen atoms in total. The van der Waals surface area contributed by atoms with Gasteiger partial charge in [0.1, 0.15) is 11.6 Å². The Morgan fingerprint density at radius 1 is 0.870 bits per heavy atom. The first-order chi connectivity index (χ1) is 11.1. The third-order valence-corrected chi connectivity index (χ3v) is 3.22. The van der Waals surface area contributed by atoms with Crippen molar-refractivity contribution in [1.29, 1.82) is 0 Å². The van der Waals surface area contributed by atoms with Crippen molar-refractivity contribution >= 4 is 11.8 Å². The summed E-state index contributed by atoms with van der Waals surface area (Å²) in [6, 6.07) is 11.9. The predicted molar refractivity (Wildman–Crippen MR) is 81.4 cm³/mol. The maximum absolute atomic E-state index is 13.4. The Bertz CT molecular complexity index is 687. The Morgan fingerprint density at radius 3 is 2.22 bits per heavy atom. The number of benzene rings is 2. The molecule has 0 aliphatic carbocycles. The smallest absolute Gasteiger partial charge is 0.309 e. The molecule has 2 aromatic rings. The number of hydrogen-bond acceptors (Lipinski definition) is 2. The van der Waals surface area contributed by atoms with Crippen molar-refractivity contribution in [1.82, 2.24) is 10.6 Å². The largest absolute Gasteiger partial charge is 0.348 e. The first-order valence-corrected chi connectivity index (χ1v) is 7.10. The Morgan fingerprint density at radius 2 is 1.52 bits per heavy atom. The van der Waals surface area contributed by atoms with Gasteiger partial charge in [0.05, 0.1) is 0 Å². The highest BCUT2D eigenvalue weighted by atomic mass is 19.1. The van der Waals surface area contributed by atoms with Gasteiger partial charge in [-0.15, -0.1) is 0 Å². The van der Waals surface area contributed by atoms with Crippen LogP contribution in [0.2, 0.25) is 0 Å². The second kappa shape index (κ2) is 8.03. The average molecular weight is 318 g/mol. The molecular formula is C17H16F2N2O2. The Hall–Kier alpha value is -2.76. The number of halogens is 2. The third-order valence-electron chi connectivity index (χ3n) is 3.22. The molecule has 2 aromatic carbocycles. The van der Waals surface area contributed by atoms with E-state index in [0.717, 1.165) is 5.56 Å². The van der Waals surface area contributed by atoms with Crippen LogP contribution in [-0.4, -0.2) is 18.4 Å². The van der Waals surface area contributed by atoms with Crippen LogP contribution in [0.3, 0.4) is 0 Å². The second-order valence-electron chi connectivity index (χ2n) is 4.91. The van der Waals surface area contributed by atoms with E-state index in [9.17, 15) is 18.4 Å². The van der Waals surface area contributed by atoms with Crippen LogP contribution in [0.25, 0.3) is 0 Å². The summed E-state index contributed by atoms with van der Waals surface area (Å²) in [7, 11) is 0. The van der Waals surface area contributed by atoms with Gasteiger partial charge in [0.25, 0.3) is 0 Å². The lowest BCUT2D eigenvalue weighted by molar-refractivity contribution is -0.139. The van der Waals surface area contributed by atoms with Crippen molar-refractivity contribution in [3.05, 3.63) is 71.3 Å². The first-order valence-electron chi connectivity index (χ1n) is 7.10. The van der Waals surface area contributed by atoms with Gasteiger partial charge in [0.2, 0.25) is 0 Å². The molecule has 0 heterocycles. The van der Waals surface area contributed by atoms with E-state index in [1.807, 2.05) is 0 Å². The molecule has 120 valence electrons. The lowest BCUT2D eigenvalue weighted by Gasteiger charge is -2.07. The van der Waals surface area contributed by atoms with Crippen LogP contribution >= 0.6 is 0 Å². The Labute approximate surface area is 132 Å². The highest BCUT2D eigenvalue weighted by Crippen LogP contribution is 2.05. The maximum Gasteiger partial charge on any atom is 0.309 e. The van der Waals surface area contributed by atoms with Gasteiger partial charge in [-0.2, -0.15) is 0 Å². The summed E-state index contributed by atoms with van der Waals surface area (Å²) < 4.78 is 26.1. The molecule has 0 saturated carbocycles. The average Bonchev–Trinajstić information content (AvgIpc) is 2.55. The molecule has 2 amide bonds. The standard InChI is InChI=1S/C17H16F2N2O2/c18-14-7-5-12(6-8-14)9-10-20-16(22)17(23)21-11-13-3-1-2-4-15(13)19/h1-8H,9-11H2,(H,20,22)(H,21,23). The fourth-order valence-electron chi connectivity index (χ4n) is 1.95. The quantitative estimate of drug-likeness (QED) is 0.828. The number of hydrogen-bond donors (Lipinski definition) is 2. The van der Waals surface area contributed by atoms with Crippen molar-refractivity contribution in [2.24, 2.45) is 0 Å². The number of carbonyl (C=O) groups is 2. The topological polar surface area (TPSA) is 58.2 Å². The minimum absolute atomic E-state index is 0.0586. The molecule has 6 heteroatoms. The fourth-order valence-corrected chi connectivity index (χ4v) is 1.95. The van der Waals surface area contributed by atoms with Crippen LogP contribution in [-0.2, 0) is 22.6 Å². The van der Waals surface area contributed by atoms with Crippen LogP contribution in [0.5, 0.6) is 0 Å². The molecule has 0 spiro atoms. The van der Waals surface area contributed by atoms with E-state index in [-0.39, 0.29) is 18.9 Å². The lowest BCUT2D eigenvalue weighted by atomic mass is 10.1. The van der Waals surface area contributed by atoms with Gasteiger partial charge in [-0.1, -0.05) is 30.3 Å². The highest BCUT2D eigenvalue weighted by molar-refractivity contribution is 6.35. The van der Waals surface area contributed by atoms with E-state index in [1.54, 1.807) is 24.3 Å². The second-order valence-corrected chi connectivity index (χ2v) is 4.91. The normalized spacial score (nSPS) is 10.2. The number of nitrogens with one attached hydrogen (secondary N) is 2. The summed E-state index contributed by atoms with van der Waals surface area (Å²) in [5.74, 6) is -2.38. The summed E-state index contributed by atoms with van der Waals surface area (Å²) in [5.41, 5.74) is 1.15. The minimum Gasteiger partial charge on any atom is -0.348 e. The molecule has 0 bridgehead atoms. The van der Waals surface area contributed by atoms with Crippen LogP contribution in [0.1, 0.15) is 11.1 Å². The zero-order chi connectivity index (χ0) is 16.7. The Kier molecular flexibility index (Phi) is 5.80. The minimum atomic E-state index is -0.827. The molecule has 0 aromatic heterocycles. The summed E-state index contributed by atoms with van der Waals surface area (Å²) in [4.78, 5) is 23.2. The van der Waals surface area contributed by atoms with E-state index in [1.165, 1.54) is 24.3 Å². The zero-order valence-corrected chi connectivity index (χ0v) is 12.3. The van der Waals surface area contributed by atoms with Crippen molar-refractivity contribution < 1.29 is 18.4 Å². The molecule has 2 N–H and O–H groups in total. The van der Waals surface area contributed by atoms with Crippen LogP contribution in [0.4, 0.5) is 8.78 Å². The number of rotatable bonds is 5. The molecule has 0 fully saturated rings. The van der Waals surface area contributed by atoms with Gasteiger partial charge in [-0.05, 0) is 30.2 Å². The molecule has 0 radical (unpaired) electrons. The monoisotopic (exact) mass is 318 g/mol. The van der Waals surface area contributed by atoms with E-state index in [2.05, 4.69) is 10.6 Å². The molecule has 0 aliphatic heterocycles. The summed E-state index contributed by atoms with van der Waals surface area (Å²) in [5, 5.41) is 4.81. The van der Waals surface area contributed by atoms with E-state index in [4.69, 9.17) is 0 Å². The summed E-state index contributed by atoms with van der Waals surface area (Å²) in [6.07, 6.45) is 0.479. The van der Waals surface area contributed by atoms with Crippen molar-refractivity contribution in [2.45, 2.75) is 13.0 Å². The van der Waals surface area contributed by atoms with Gasteiger partial charge < -0.3 is 10.6 Å². The lowest BCUT2D eigenvalue weighted by Crippen LogP contribution is -2.40. The molecule has 2 rings (SSSR count). The summed E-state index contributed by atoms with van der Waals surface area (Å²) in [6.45, 7) is 0.189. The van der Waals surface area contributed by atoms with E-state index >= 15 is 0 Å². The number of amides is 2. The van der Waals surface area contributed by atoms with Crippen LogP contribution in [0.15, 0.2) is 48.5 Å². The van der Waals surface area contributed by atoms with Crippen molar-refractivity contribution in [3.63, 3.8) is 0 Å². The summed E-state index contributed by atoms with van der Waals surface area (Å²) >= 11 is 0. The highest BCUT2D eigenvalue weighted by Gasteiger charge is 2.13. The SMILES string of the molecule is O=C(NCCc1ccc(F)cc1)C(=O)NCc1ccccc1F. The number of carbonyl (C=O) groups excluding carboxylic acids is 2. The molecule has 23 heavy (non-hydrogen) atoms. The Balaban J connectivity index is 1.73. The molecule has 0 atom stereocenters. The van der Waals surface area contributed by atoms with Gasteiger partial charge in [0.15, 0.2) is 0 Å². The molecular weight excluding hydrogens is 302 g/mol. The van der Waals surface area contributed by atoms with Crippen molar-refractivity contribution in [3.8, 4) is 0 Å². The fraction of sp³-hybridized carbons (Fsp3) is 0.176. The van der Waals surface area contributed by atoms with Gasteiger partial charge in [0, 0.05) is 18.7 Å². The molecule has 0 aliphatic rings. The zero-order valence-electron chi connectivity index (χ0n) is 12.3. The van der Waals surface area contributed by atoms with Gasteiger partial charge >= 0.3 is 11.8 Å². The predicted octanol–water partition coefficient (Wildman–Crippen LogP) is 1.94. The third kappa shape index (κ3) is 5.18. The molecule has 0 saturated heterocycles.